The van der Waals surface area contributed by atoms with Crippen LogP contribution in [0, 0.1) is 0 Å². The molecular formula is C16H11ClN2O3. The molecular weight excluding hydrogens is 304 g/mol. The Labute approximate surface area is 131 Å². The number of hydrogen-bond donors (Lipinski definition) is 0. The molecule has 0 aliphatic rings. The molecule has 3 rings (SSSR count). The van der Waals surface area contributed by atoms with Crippen LogP contribution in [0.4, 0.5) is 0 Å². The molecule has 0 N–H and O–H groups in total. The second kappa shape index (κ2) is 6.41. The lowest BCUT2D eigenvalue weighted by molar-refractivity contribution is -0.133. The summed E-state index contributed by atoms with van der Waals surface area (Å²) in [6.07, 6.45) is 1.44. The lowest BCUT2D eigenvalue weighted by Crippen LogP contribution is -2.11. The largest absolute Gasteiger partial charge is 0.426 e. The minimum absolute atomic E-state index is 0.183. The predicted molar refractivity (Wildman–Crippen MR) is 80.5 cm³/mol. The van der Waals surface area contributed by atoms with Crippen molar-refractivity contribution in [2.75, 3.05) is 0 Å². The topological polar surface area (TPSA) is 65.2 Å². The molecule has 0 saturated carbocycles. The van der Waals surface area contributed by atoms with Gasteiger partial charge < -0.3 is 9.15 Å². The molecule has 110 valence electrons. The zero-order valence-corrected chi connectivity index (χ0v) is 12.2. The Hall–Kier alpha value is -2.66. The van der Waals surface area contributed by atoms with Crippen LogP contribution in [0.15, 0.2) is 59.3 Å². The highest BCUT2D eigenvalue weighted by atomic mass is 35.5. The van der Waals surface area contributed by atoms with Gasteiger partial charge in [-0.15, -0.1) is 10.2 Å². The third-order valence-electron chi connectivity index (χ3n) is 2.95. The molecule has 1 heterocycles. The van der Waals surface area contributed by atoms with Gasteiger partial charge in [0.1, 0.15) is 5.75 Å². The number of nitrogens with zero attached hydrogens (tertiary/aromatic N) is 2. The van der Waals surface area contributed by atoms with Gasteiger partial charge in [-0.2, -0.15) is 0 Å². The highest BCUT2D eigenvalue weighted by molar-refractivity contribution is 6.30. The molecule has 0 saturated heterocycles. The van der Waals surface area contributed by atoms with Crippen LogP contribution in [0.1, 0.15) is 5.56 Å². The minimum atomic E-state index is -0.340. The summed E-state index contributed by atoms with van der Waals surface area (Å²) >= 11 is 5.80. The van der Waals surface area contributed by atoms with E-state index in [2.05, 4.69) is 10.2 Å². The molecule has 0 bridgehead atoms. The Morgan fingerprint density at radius 3 is 2.45 bits per heavy atom. The van der Waals surface area contributed by atoms with Crippen LogP contribution in [0.3, 0.4) is 0 Å². The lowest BCUT2D eigenvalue weighted by Gasteiger charge is -2.05. The van der Waals surface area contributed by atoms with E-state index in [0.717, 1.165) is 11.1 Å². The van der Waals surface area contributed by atoms with E-state index in [9.17, 15) is 4.79 Å². The monoisotopic (exact) mass is 314 g/mol. The number of carbonyl (C=O) groups excluding carboxylic acids is 1. The molecule has 0 fully saturated rings. The molecule has 0 aliphatic carbocycles. The molecule has 22 heavy (non-hydrogen) atoms. The molecule has 0 spiro atoms. The second-order valence-electron chi connectivity index (χ2n) is 4.55. The number of hydrogen-bond acceptors (Lipinski definition) is 5. The number of rotatable bonds is 4. The van der Waals surface area contributed by atoms with Gasteiger partial charge in [0.25, 0.3) is 0 Å². The summed E-state index contributed by atoms with van der Waals surface area (Å²) in [5.74, 6) is 0.536. The second-order valence-corrected chi connectivity index (χ2v) is 4.98. The smallest absolute Gasteiger partial charge is 0.315 e. The van der Waals surface area contributed by atoms with Crippen molar-refractivity contribution in [3.8, 4) is 17.2 Å². The molecule has 5 nitrogen and oxygen atoms in total. The van der Waals surface area contributed by atoms with Crippen molar-refractivity contribution < 1.29 is 13.9 Å². The van der Waals surface area contributed by atoms with E-state index in [4.69, 9.17) is 20.8 Å². The van der Waals surface area contributed by atoms with E-state index in [1.807, 2.05) is 0 Å². The lowest BCUT2D eigenvalue weighted by atomic mass is 10.1. The van der Waals surface area contributed by atoms with Gasteiger partial charge in [-0.1, -0.05) is 23.7 Å². The Kier molecular flexibility index (Phi) is 4.16. The van der Waals surface area contributed by atoms with Crippen molar-refractivity contribution in [3.05, 3.63) is 65.5 Å². The first-order chi connectivity index (χ1) is 10.7. The van der Waals surface area contributed by atoms with Gasteiger partial charge in [0.05, 0.1) is 6.42 Å². The zero-order chi connectivity index (χ0) is 15.4. The van der Waals surface area contributed by atoms with Crippen molar-refractivity contribution in [1.29, 1.82) is 0 Å². The van der Waals surface area contributed by atoms with Crippen molar-refractivity contribution >= 4 is 17.6 Å². The number of aromatic nitrogens is 2. The van der Waals surface area contributed by atoms with Gasteiger partial charge in [-0.05, 0) is 42.0 Å². The molecule has 0 aliphatic heterocycles. The summed E-state index contributed by atoms with van der Waals surface area (Å²) in [5.41, 5.74) is 1.60. The Balaban J connectivity index is 1.63. The summed E-state index contributed by atoms with van der Waals surface area (Å²) in [5, 5.41) is 8.05. The molecule has 0 amide bonds. The molecule has 0 unspecified atom stereocenters. The van der Waals surface area contributed by atoms with Gasteiger partial charge in [0, 0.05) is 10.6 Å². The van der Waals surface area contributed by atoms with Gasteiger partial charge >= 0.3 is 5.97 Å². The van der Waals surface area contributed by atoms with E-state index in [0.29, 0.717) is 16.7 Å². The Bertz CT molecular complexity index is 753. The minimum Gasteiger partial charge on any atom is -0.426 e. The zero-order valence-electron chi connectivity index (χ0n) is 11.4. The van der Waals surface area contributed by atoms with Crippen LogP contribution in [-0.4, -0.2) is 16.2 Å². The first-order valence-corrected chi connectivity index (χ1v) is 6.90. The summed E-state index contributed by atoms with van der Waals surface area (Å²) in [6.45, 7) is 0. The van der Waals surface area contributed by atoms with Crippen LogP contribution in [0.25, 0.3) is 11.5 Å². The highest BCUT2D eigenvalue weighted by Crippen LogP contribution is 2.20. The Morgan fingerprint density at radius 2 is 1.82 bits per heavy atom. The van der Waals surface area contributed by atoms with Crippen LogP contribution < -0.4 is 4.74 Å². The van der Waals surface area contributed by atoms with Crippen molar-refractivity contribution in [2.45, 2.75) is 6.42 Å². The van der Waals surface area contributed by atoms with Crippen LogP contribution in [0.5, 0.6) is 5.75 Å². The Morgan fingerprint density at radius 1 is 1.09 bits per heavy atom. The maximum absolute atomic E-state index is 11.9. The molecule has 0 atom stereocenters. The van der Waals surface area contributed by atoms with Crippen LogP contribution >= 0.6 is 11.6 Å². The highest BCUT2D eigenvalue weighted by Gasteiger charge is 2.08. The molecule has 1 aromatic heterocycles. The van der Waals surface area contributed by atoms with Gasteiger partial charge in [-0.3, -0.25) is 4.79 Å². The van der Waals surface area contributed by atoms with E-state index in [1.54, 1.807) is 48.5 Å². The third-order valence-corrected chi connectivity index (χ3v) is 3.21. The van der Waals surface area contributed by atoms with Crippen molar-refractivity contribution in [1.82, 2.24) is 10.2 Å². The maximum atomic E-state index is 11.9. The average Bonchev–Trinajstić information content (AvgIpc) is 3.05. The number of benzene rings is 2. The normalized spacial score (nSPS) is 10.4. The fourth-order valence-electron chi connectivity index (χ4n) is 1.90. The first kappa shape index (κ1) is 14.3. The van der Waals surface area contributed by atoms with E-state index < -0.39 is 0 Å². The number of ether oxygens (including phenoxy) is 1. The average molecular weight is 315 g/mol. The van der Waals surface area contributed by atoms with E-state index >= 15 is 0 Å². The number of halogens is 1. The summed E-state index contributed by atoms with van der Waals surface area (Å²) < 4.78 is 10.4. The molecule has 6 heteroatoms. The SMILES string of the molecule is O=C(Cc1ccc(Cl)cc1)Oc1ccc(-c2nnco2)cc1. The fraction of sp³-hybridized carbons (Fsp3) is 0.0625. The summed E-state index contributed by atoms with van der Waals surface area (Å²) in [7, 11) is 0. The summed E-state index contributed by atoms with van der Waals surface area (Å²) in [4.78, 5) is 11.9. The van der Waals surface area contributed by atoms with E-state index in [-0.39, 0.29) is 12.4 Å². The number of carbonyl (C=O) groups is 1. The standard InChI is InChI=1S/C16H11ClN2O3/c17-13-5-1-11(2-6-13)9-15(20)22-14-7-3-12(4-8-14)16-19-18-10-21-16/h1-8,10H,9H2. The fourth-order valence-corrected chi connectivity index (χ4v) is 2.03. The number of esters is 1. The first-order valence-electron chi connectivity index (χ1n) is 6.52. The predicted octanol–water partition coefficient (Wildman–Crippen LogP) is 3.54. The quantitative estimate of drug-likeness (QED) is 0.544. The maximum Gasteiger partial charge on any atom is 0.315 e. The molecule has 0 radical (unpaired) electrons. The van der Waals surface area contributed by atoms with Crippen molar-refractivity contribution in [3.63, 3.8) is 0 Å². The van der Waals surface area contributed by atoms with Crippen LogP contribution in [-0.2, 0) is 11.2 Å². The van der Waals surface area contributed by atoms with Gasteiger partial charge in [0.2, 0.25) is 12.3 Å². The van der Waals surface area contributed by atoms with Crippen LogP contribution in [0.2, 0.25) is 5.02 Å². The van der Waals surface area contributed by atoms with Gasteiger partial charge in [-0.25, -0.2) is 0 Å². The molecule has 3 aromatic rings. The van der Waals surface area contributed by atoms with Gasteiger partial charge in [0.15, 0.2) is 0 Å². The van der Waals surface area contributed by atoms with E-state index in [1.165, 1.54) is 6.39 Å². The third kappa shape index (κ3) is 3.51. The van der Waals surface area contributed by atoms with Crippen molar-refractivity contribution in [2.24, 2.45) is 0 Å². The molecule has 2 aromatic carbocycles. The summed E-state index contributed by atoms with van der Waals surface area (Å²) in [6, 6.07) is 13.9.